The van der Waals surface area contributed by atoms with E-state index in [0.717, 1.165) is 5.56 Å². The van der Waals surface area contributed by atoms with Crippen molar-refractivity contribution in [3.63, 3.8) is 0 Å². The Kier molecular flexibility index (Phi) is 5.83. The largest absolute Gasteiger partial charge is 0.382 e. The minimum absolute atomic E-state index is 0.00594. The molecule has 1 fully saturated rings. The molecule has 184 valence electrons. The summed E-state index contributed by atoms with van der Waals surface area (Å²) in [6, 6.07) is 7.70. The van der Waals surface area contributed by atoms with Crippen LogP contribution in [0, 0.1) is 19.7 Å². The van der Waals surface area contributed by atoms with Gasteiger partial charge in [0.2, 0.25) is 0 Å². The first-order valence-corrected chi connectivity index (χ1v) is 11.3. The van der Waals surface area contributed by atoms with Gasteiger partial charge in [-0.1, -0.05) is 0 Å². The third-order valence-corrected chi connectivity index (χ3v) is 6.34. The number of hydrogen-bond donors (Lipinski definition) is 2. The van der Waals surface area contributed by atoms with Gasteiger partial charge < -0.3 is 16.0 Å². The fourth-order valence-corrected chi connectivity index (χ4v) is 4.45. The Morgan fingerprint density at radius 2 is 1.86 bits per heavy atom. The van der Waals surface area contributed by atoms with Gasteiger partial charge >= 0.3 is 0 Å². The van der Waals surface area contributed by atoms with E-state index in [1.165, 1.54) is 35.5 Å². The lowest BCUT2D eigenvalue weighted by Crippen LogP contribution is -2.42. The van der Waals surface area contributed by atoms with Crippen molar-refractivity contribution in [1.29, 1.82) is 0 Å². The normalized spacial score (nSPS) is 17.5. The number of halogens is 2. The van der Waals surface area contributed by atoms with Crippen LogP contribution in [-0.4, -0.2) is 61.6 Å². The average molecular weight is 492 g/mol. The summed E-state index contributed by atoms with van der Waals surface area (Å²) in [5.74, 6) is -1.06. The van der Waals surface area contributed by atoms with E-state index in [0.29, 0.717) is 28.3 Å². The predicted octanol–water partition coefficient (Wildman–Crippen LogP) is 2.72. The van der Waals surface area contributed by atoms with Crippen molar-refractivity contribution in [3.8, 4) is 11.3 Å². The number of aromatic nitrogens is 4. The zero-order valence-corrected chi connectivity index (χ0v) is 19.6. The SMILES string of the molecule is Cc1ncc(-c2cc(C)c3c(N)ncnn23)cc1C(=O)NC1CN(C(=O)c2ccc(F)cc2)C[C@@H]1F. The molecule has 2 atom stereocenters. The topological polar surface area (TPSA) is 119 Å². The molecule has 11 heteroatoms. The van der Waals surface area contributed by atoms with Crippen LogP contribution in [0.2, 0.25) is 0 Å². The molecular formula is C25H23F2N7O2. The maximum Gasteiger partial charge on any atom is 0.254 e. The Morgan fingerprint density at radius 3 is 2.61 bits per heavy atom. The highest BCUT2D eigenvalue weighted by Gasteiger charge is 2.37. The van der Waals surface area contributed by atoms with Crippen LogP contribution in [0.4, 0.5) is 14.6 Å². The summed E-state index contributed by atoms with van der Waals surface area (Å²) in [4.78, 5) is 35.5. The summed E-state index contributed by atoms with van der Waals surface area (Å²) >= 11 is 0. The molecule has 9 nitrogen and oxygen atoms in total. The molecule has 0 saturated carbocycles. The predicted molar refractivity (Wildman–Crippen MR) is 129 cm³/mol. The zero-order chi connectivity index (χ0) is 25.6. The van der Waals surface area contributed by atoms with Crippen LogP contribution < -0.4 is 11.1 Å². The van der Waals surface area contributed by atoms with Crippen molar-refractivity contribution >= 4 is 23.1 Å². The number of rotatable bonds is 4. The van der Waals surface area contributed by atoms with Crippen molar-refractivity contribution in [1.82, 2.24) is 29.8 Å². The van der Waals surface area contributed by atoms with E-state index in [1.807, 2.05) is 13.0 Å². The van der Waals surface area contributed by atoms with Crippen molar-refractivity contribution < 1.29 is 18.4 Å². The number of carbonyl (C=O) groups excluding carboxylic acids is 2. The zero-order valence-electron chi connectivity index (χ0n) is 19.6. The molecule has 1 aliphatic rings. The molecule has 0 aliphatic carbocycles. The number of anilines is 1. The molecule has 3 N–H and O–H groups in total. The fraction of sp³-hybridized carbons (Fsp3) is 0.240. The van der Waals surface area contributed by atoms with E-state index in [-0.39, 0.29) is 24.2 Å². The number of benzene rings is 1. The Bertz CT molecular complexity index is 1490. The minimum atomic E-state index is -1.45. The van der Waals surface area contributed by atoms with Crippen LogP contribution in [0.5, 0.6) is 0 Å². The average Bonchev–Trinajstić information content (AvgIpc) is 3.39. The van der Waals surface area contributed by atoms with Gasteiger partial charge in [-0.25, -0.2) is 18.3 Å². The van der Waals surface area contributed by atoms with Gasteiger partial charge in [0.25, 0.3) is 11.8 Å². The molecule has 0 bridgehead atoms. The number of hydrogen-bond acceptors (Lipinski definition) is 6. The highest BCUT2D eigenvalue weighted by Crippen LogP contribution is 2.28. The molecule has 1 unspecified atom stereocenters. The van der Waals surface area contributed by atoms with E-state index in [9.17, 15) is 18.4 Å². The van der Waals surface area contributed by atoms with E-state index in [1.54, 1.807) is 23.7 Å². The lowest BCUT2D eigenvalue weighted by Gasteiger charge is -2.17. The molecular weight excluding hydrogens is 468 g/mol. The number of nitrogen functional groups attached to an aromatic ring is 1. The molecule has 0 radical (unpaired) electrons. The Labute approximate surface area is 205 Å². The summed E-state index contributed by atoms with van der Waals surface area (Å²) in [6.45, 7) is 3.39. The van der Waals surface area contributed by atoms with Crippen molar-refractivity contribution in [2.45, 2.75) is 26.1 Å². The van der Waals surface area contributed by atoms with E-state index in [2.05, 4.69) is 20.4 Å². The van der Waals surface area contributed by atoms with Gasteiger partial charge in [0.05, 0.1) is 29.5 Å². The van der Waals surface area contributed by atoms with Gasteiger partial charge in [-0.2, -0.15) is 5.10 Å². The van der Waals surface area contributed by atoms with Crippen LogP contribution in [0.25, 0.3) is 16.8 Å². The van der Waals surface area contributed by atoms with Crippen LogP contribution in [-0.2, 0) is 0 Å². The van der Waals surface area contributed by atoms with Crippen LogP contribution in [0.3, 0.4) is 0 Å². The quantitative estimate of drug-likeness (QED) is 0.453. The van der Waals surface area contributed by atoms with Gasteiger partial charge in [0.15, 0.2) is 5.82 Å². The number of pyridine rings is 1. The van der Waals surface area contributed by atoms with E-state index >= 15 is 0 Å². The van der Waals surface area contributed by atoms with Gasteiger partial charge in [0, 0.05) is 23.9 Å². The molecule has 1 saturated heterocycles. The number of alkyl halides is 1. The van der Waals surface area contributed by atoms with Crippen LogP contribution in [0.1, 0.15) is 32.0 Å². The molecule has 4 aromatic rings. The Hall–Kier alpha value is -4.41. The first-order valence-electron chi connectivity index (χ1n) is 11.3. The molecule has 1 aliphatic heterocycles. The van der Waals surface area contributed by atoms with Gasteiger partial charge in [-0.15, -0.1) is 0 Å². The molecule has 4 heterocycles. The third-order valence-electron chi connectivity index (χ3n) is 6.34. The number of nitrogens with two attached hydrogens (primary N) is 1. The minimum Gasteiger partial charge on any atom is -0.382 e. The second-order valence-electron chi connectivity index (χ2n) is 8.79. The lowest BCUT2D eigenvalue weighted by molar-refractivity contribution is 0.0778. The number of aryl methyl sites for hydroxylation is 2. The van der Waals surface area contributed by atoms with E-state index < -0.39 is 29.8 Å². The number of nitrogens with one attached hydrogen (secondary N) is 1. The third kappa shape index (κ3) is 4.12. The number of likely N-dealkylation sites (tertiary alicyclic amines) is 1. The van der Waals surface area contributed by atoms with Gasteiger partial charge in [0.1, 0.15) is 23.8 Å². The molecule has 1 aromatic carbocycles. The monoisotopic (exact) mass is 491 g/mol. The first-order chi connectivity index (χ1) is 17.2. The summed E-state index contributed by atoms with van der Waals surface area (Å²) < 4.78 is 29.6. The molecule has 0 spiro atoms. The fourth-order valence-electron chi connectivity index (χ4n) is 4.45. The maximum atomic E-state index is 14.8. The van der Waals surface area contributed by atoms with Gasteiger partial charge in [-0.3, -0.25) is 14.6 Å². The lowest BCUT2D eigenvalue weighted by atomic mass is 10.1. The smallest absolute Gasteiger partial charge is 0.254 e. The summed E-state index contributed by atoms with van der Waals surface area (Å²) in [5, 5.41) is 6.97. The molecule has 5 rings (SSSR count). The van der Waals surface area contributed by atoms with Crippen molar-refractivity contribution in [3.05, 3.63) is 77.1 Å². The highest BCUT2D eigenvalue weighted by molar-refractivity contribution is 5.97. The standard InChI is InChI=1S/C25H23F2N7O2/c1-13-7-21(34-22(13)23(28)30-12-31-34)16-8-18(14(2)29-9-16)24(35)32-20-11-33(10-19(20)27)25(36)15-3-5-17(26)6-4-15/h3-9,12,19-20H,10-11H2,1-2H3,(H,32,35)(H2,28,30,31)/t19-,20?/m0/s1. The summed E-state index contributed by atoms with van der Waals surface area (Å²) in [6.07, 6.45) is 1.52. The van der Waals surface area contributed by atoms with Crippen molar-refractivity contribution in [2.75, 3.05) is 18.8 Å². The molecule has 36 heavy (non-hydrogen) atoms. The van der Waals surface area contributed by atoms with Gasteiger partial charge in [-0.05, 0) is 55.8 Å². The molecule has 2 amide bonds. The number of amides is 2. The summed E-state index contributed by atoms with van der Waals surface area (Å²) in [7, 11) is 0. The number of fused-ring (bicyclic) bond motifs is 1. The Morgan fingerprint density at radius 1 is 1.11 bits per heavy atom. The number of nitrogens with zero attached hydrogens (tertiary/aromatic N) is 5. The second kappa shape index (κ2) is 8.99. The van der Waals surface area contributed by atoms with Crippen LogP contribution in [0.15, 0.2) is 48.9 Å². The number of carbonyl (C=O) groups is 2. The highest BCUT2D eigenvalue weighted by atomic mass is 19.1. The first kappa shape index (κ1) is 23.3. The molecule has 3 aromatic heterocycles. The summed E-state index contributed by atoms with van der Waals surface area (Å²) in [5.41, 5.74) is 9.83. The Balaban J connectivity index is 1.36. The maximum absolute atomic E-state index is 14.8. The van der Waals surface area contributed by atoms with E-state index in [4.69, 9.17) is 5.73 Å². The van der Waals surface area contributed by atoms with Crippen LogP contribution >= 0.6 is 0 Å². The second-order valence-corrected chi connectivity index (χ2v) is 8.79. The van der Waals surface area contributed by atoms with Crippen molar-refractivity contribution in [2.24, 2.45) is 0 Å².